The van der Waals surface area contributed by atoms with Crippen LogP contribution in [-0.4, -0.2) is 26.7 Å². The molecule has 2 rings (SSSR count). The van der Waals surface area contributed by atoms with Crippen LogP contribution in [0.15, 0.2) is 24.3 Å². The summed E-state index contributed by atoms with van der Waals surface area (Å²) in [5.41, 5.74) is 0.132. The van der Waals surface area contributed by atoms with Crippen molar-refractivity contribution in [3.8, 4) is 5.75 Å². The molecule has 1 N–H and O–H groups in total. The molecule has 1 aliphatic heterocycles. The van der Waals surface area contributed by atoms with Gasteiger partial charge in [-0.05, 0) is 37.1 Å². The van der Waals surface area contributed by atoms with Crippen LogP contribution in [0.3, 0.4) is 0 Å². The van der Waals surface area contributed by atoms with Gasteiger partial charge in [0.1, 0.15) is 11.3 Å². The van der Waals surface area contributed by atoms with Gasteiger partial charge in [0.15, 0.2) is 0 Å². The average molecular weight is 249 g/mol. The summed E-state index contributed by atoms with van der Waals surface area (Å²) in [6.45, 7) is 2.57. The van der Waals surface area contributed by atoms with E-state index in [2.05, 4.69) is 12.2 Å². The number of hydrogen-bond donors (Lipinski definition) is 1. The zero-order chi connectivity index (χ0) is 13.2. The minimum Gasteiger partial charge on any atom is -0.497 e. The van der Waals surface area contributed by atoms with Crippen molar-refractivity contribution in [2.75, 3.05) is 20.8 Å². The van der Waals surface area contributed by atoms with Crippen molar-refractivity contribution < 1.29 is 14.3 Å². The molecule has 0 radical (unpaired) electrons. The van der Waals surface area contributed by atoms with E-state index in [1.165, 1.54) is 0 Å². The standard InChI is InChI=1S/C14H19NO3/c1-10-8-14(15-2,13(16)18-9-10)11-5-4-6-12(7-11)17-3/h4-7,10,15H,8-9H2,1-3H3/t10-,14+/m1/s1. The van der Waals surface area contributed by atoms with Crippen molar-refractivity contribution in [3.63, 3.8) is 0 Å². The second-order valence-corrected chi connectivity index (χ2v) is 4.80. The van der Waals surface area contributed by atoms with Crippen molar-refractivity contribution in [1.29, 1.82) is 0 Å². The number of nitrogens with one attached hydrogen (secondary N) is 1. The number of benzene rings is 1. The summed E-state index contributed by atoms with van der Waals surface area (Å²) in [4.78, 5) is 12.2. The Morgan fingerprint density at radius 2 is 2.28 bits per heavy atom. The quantitative estimate of drug-likeness (QED) is 0.828. The number of carbonyl (C=O) groups is 1. The number of hydrogen-bond acceptors (Lipinski definition) is 4. The van der Waals surface area contributed by atoms with Crippen LogP contribution in [0.5, 0.6) is 5.75 Å². The maximum atomic E-state index is 12.2. The molecule has 1 fully saturated rings. The summed E-state index contributed by atoms with van der Waals surface area (Å²) >= 11 is 0. The van der Waals surface area contributed by atoms with Gasteiger partial charge in [-0.2, -0.15) is 0 Å². The summed E-state index contributed by atoms with van der Waals surface area (Å²) < 4.78 is 10.5. The van der Waals surface area contributed by atoms with E-state index in [9.17, 15) is 4.79 Å². The van der Waals surface area contributed by atoms with Gasteiger partial charge in [-0.25, -0.2) is 4.79 Å². The van der Waals surface area contributed by atoms with Gasteiger partial charge in [0.2, 0.25) is 0 Å². The van der Waals surface area contributed by atoms with Crippen molar-refractivity contribution in [1.82, 2.24) is 5.32 Å². The molecule has 0 aliphatic carbocycles. The minimum absolute atomic E-state index is 0.212. The van der Waals surface area contributed by atoms with E-state index in [4.69, 9.17) is 9.47 Å². The Morgan fingerprint density at radius 1 is 1.50 bits per heavy atom. The van der Waals surface area contributed by atoms with E-state index in [0.717, 1.165) is 17.7 Å². The van der Waals surface area contributed by atoms with Gasteiger partial charge in [-0.1, -0.05) is 19.1 Å². The third kappa shape index (κ3) is 2.08. The van der Waals surface area contributed by atoms with E-state index >= 15 is 0 Å². The molecule has 0 bridgehead atoms. The number of likely N-dealkylation sites (N-methyl/N-ethyl adjacent to an activating group) is 1. The summed E-state index contributed by atoms with van der Waals surface area (Å²) in [5.74, 6) is 0.867. The molecule has 0 spiro atoms. The van der Waals surface area contributed by atoms with Crippen LogP contribution in [0.2, 0.25) is 0 Å². The lowest BCUT2D eigenvalue weighted by molar-refractivity contribution is -0.160. The lowest BCUT2D eigenvalue weighted by Gasteiger charge is -2.38. The SMILES string of the molecule is CN[C@]1(c2cccc(OC)c2)C[C@@H](C)COC1=O. The number of esters is 1. The first kappa shape index (κ1) is 12.9. The van der Waals surface area contributed by atoms with Gasteiger partial charge in [-0.3, -0.25) is 0 Å². The van der Waals surface area contributed by atoms with E-state index in [-0.39, 0.29) is 5.97 Å². The van der Waals surface area contributed by atoms with Gasteiger partial charge in [0, 0.05) is 0 Å². The Hall–Kier alpha value is -1.55. The fraction of sp³-hybridized carbons (Fsp3) is 0.500. The summed E-state index contributed by atoms with van der Waals surface area (Å²) in [5, 5.41) is 3.14. The predicted molar refractivity (Wildman–Crippen MR) is 68.5 cm³/mol. The van der Waals surface area contributed by atoms with Crippen LogP contribution >= 0.6 is 0 Å². The summed E-state index contributed by atoms with van der Waals surface area (Å²) in [6.07, 6.45) is 0.732. The molecule has 1 saturated heterocycles. The van der Waals surface area contributed by atoms with Crippen molar-refractivity contribution >= 4 is 5.97 Å². The number of ether oxygens (including phenoxy) is 2. The third-order valence-corrected chi connectivity index (χ3v) is 3.49. The van der Waals surface area contributed by atoms with Gasteiger partial charge < -0.3 is 14.8 Å². The molecule has 0 amide bonds. The Labute approximate surface area is 107 Å². The highest BCUT2D eigenvalue weighted by atomic mass is 16.5. The second-order valence-electron chi connectivity index (χ2n) is 4.80. The third-order valence-electron chi connectivity index (χ3n) is 3.49. The number of cyclic esters (lactones) is 1. The normalized spacial score (nSPS) is 27.7. The van der Waals surface area contributed by atoms with Gasteiger partial charge >= 0.3 is 5.97 Å². The van der Waals surface area contributed by atoms with Gasteiger partial charge in [-0.15, -0.1) is 0 Å². The summed E-state index contributed by atoms with van der Waals surface area (Å²) in [7, 11) is 3.41. The lowest BCUT2D eigenvalue weighted by Crippen LogP contribution is -2.53. The predicted octanol–water partition coefficient (Wildman–Crippen LogP) is 1.69. The van der Waals surface area contributed by atoms with Crippen LogP contribution in [0.4, 0.5) is 0 Å². The van der Waals surface area contributed by atoms with E-state index < -0.39 is 5.54 Å². The Balaban J connectivity index is 2.44. The van der Waals surface area contributed by atoms with Crippen molar-refractivity contribution in [3.05, 3.63) is 29.8 Å². The molecule has 0 saturated carbocycles. The van der Waals surface area contributed by atoms with E-state index in [1.54, 1.807) is 14.2 Å². The van der Waals surface area contributed by atoms with Crippen LogP contribution in [0.25, 0.3) is 0 Å². The Kier molecular flexibility index (Phi) is 3.57. The van der Waals surface area contributed by atoms with Gasteiger partial charge in [0.05, 0.1) is 13.7 Å². The van der Waals surface area contributed by atoms with Crippen molar-refractivity contribution in [2.45, 2.75) is 18.9 Å². The molecule has 4 nitrogen and oxygen atoms in total. The molecule has 0 aromatic heterocycles. The van der Waals surface area contributed by atoms with Crippen molar-refractivity contribution in [2.24, 2.45) is 5.92 Å². The maximum Gasteiger partial charge on any atom is 0.331 e. The Morgan fingerprint density at radius 3 is 2.94 bits per heavy atom. The minimum atomic E-state index is -0.758. The molecule has 98 valence electrons. The molecule has 18 heavy (non-hydrogen) atoms. The van der Waals surface area contributed by atoms with Crippen LogP contribution in [-0.2, 0) is 15.1 Å². The average Bonchev–Trinajstić information content (AvgIpc) is 2.41. The highest BCUT2D eigenvalue weighted by Gasteiger charge is 2.45. The highest BCUT2D eigenvalue weighted by Crippen LogP contribution is 2.35. The monoisotopic (exact) mass is 249 g/mol. The topological polar surface area (TPSA) is 47.6 Å². The molecule has 4 heteroatoms. The second kappa shape index (κ2) is 4.98. The fourth-order valence-corrected chi connectivity index (χ4v) is 2.48. The number of carbonyl (C=O) groups excluding carboxylic acids is 1. The first-order valence-electron chi connectivity index (χ1n) is 6.13. The molecule has 1 aromatic carbocycles. The maximum absolute atomic E-state index is 12.2. The molecular weight excluding hydrogens is 230 g/mol. The number of methoxy groups -OCH3 is 1. The van der Waals surface area contributed by atoms with Crippen LogP contribution < -0.4 is 10.1 Å². The first-order chi connectivity index (χ1) is 8.62. The van der Waals surface area contributed by atoms with Crippen LogP contribution in [0, 0.1) is 5.92 Å². The first-order valence-corrected chi connectivity index (χ1v) is 6.13. The zero-order valence-corrected chi connectivity index (χ0v) is 11.0. The summed E-state index contributed by atoms with van der Waals surface area (Å²) in [6, 6.07) is 7.57. The molecular formula is C14H19NO3. The zero-order valence-electron chi connectivity index (χ0n) is 11.0. The van der Waals surface area contributed by atoms with E-state index in [1.807, 2.05) is 24.3 Å². The highest BCUT2D eigenvalue weighted by molar-refractivity contribution is 5.83. The van der Waals surface area contributed by atoms with E-state index in [0.29, 0.717) is 12.5 Å². The number of rotatable bonds is 3. The smallest absolute Gasteiger partial charge is 0.331 e. The fourth-order valence-electron chi connectivity index (χ4n) is 2.48. The van der Waals surface area contributed by atoms with Gasteiger partial charge in [0.25, 0.3) is 0 Å². The molecule has 1 aromatic rings. The Bertz CT molecular complexity index is 446. The lowest BCUT2D eigenvalue weighted by atomic mass is 9.80. The molecule has 2 atom stereocenters. The largest absolute Gasteiger partial charge is 0.497 e. The molecule has 0 unspecified atom stereocenters. The molecule has 1 heterocycles. The molecule has 1 aliphatic rings. The van der Waals surface area contributed by atoms with Crippen LogP contribution in [0.1, 0.15) is 18.9 Å².